The van der Waals surface area contributed by atoms with Gasteiger partial charge in [-0.05, 0) is 31.4 Å². The van der Waals surface area contributed by atoms with Crippen molar-refractivity contribution >= 4 is 11.7 Å². The Balaban J connectivity index is 1.45. The number of benzene rings is 1. The van der Waals surface area contributed by atoms with Gasteiger partial charge in [-0.3, -0.25) is 0 Å². The number of aliphatic hydroxyl groups is 1. The summed E-state index contributed by atoms with van der Waals surface area (Å²) in [6.07, 6.45) is 5.77. The third kappa shape index (κ3) is 3.67. The van der Waals surface area contributed by atoms with Gasteiger partial charge in [0.1, 0.15) is 0 Å². The quantitative estimate of drug-likeness (QED) is 0.724. The number of nitrogens with one attached hydrogen (secondary N) is 2. The van der Waals surface area contributed by atoms with Gasteiger partial charge in [-0.1, -0.05) is 30.4 Å². The van der Waals surface area contributed by atoms with Crippen molar-refractivity contribution in [2.45, 2.75) is 31.8 Å². The number of rotatable bonds is 5. The summed E-state index contributed by atoms with van der Waals surface area (Å²) in [5, 5.41) is 15.0. The number of carbonyl (C=O) groups excluding carboxylic acids is 1. The number of amides is 2. The zero-order valence-corrected chi connectivity index (χ0v) is 13.5. The molecule has 5 nitrogen and oxygen atoms in total. The third-order valence-electron chi connectivity index (χ3n) is 4.74. The molecule has 124 valence electrons. The van der Waals surface area contributed by atoms with E-state index < -0.39 is 0 Å². The Labute approximate surface area is 137 Å². The van der Waals surface area contributed by atoms with Crippen molar-refractivity contribution in [1.82, 2.24) is 10.6 Å². The Morgan fingerprint density at radius 3 is 3.00 bits per heavy atom. The number of para-hydroxylation sites is 1. The fourth-order valence-electron chi connectivity index (χ4n) is 3.41. The Hall–Kier alpha value is -2.01. The fourth-order valence-corrected chi connectivity index (χ4v) is 3.41. The molecule has 23 heavy (non-hydrogen) atoms. The molecule has 0 spiro atoms. The standard InChI is InChI=1S/C18H25N3O2/c1-13(21-9-8-15-4-2-3-5-17(15)21)11-19-18(23)20-16-7-6-14(10-16)12-22/h2-7,13-14,16,22H,8-12H2,1H3,(H2,19,20,23)/t13?,14-,16+/m0/s1. The Morgan fingerprint density at radius 2 is 2.22 bits per heavy atom. The lowest BCUT2D eigenvalue weighted by Gasteiger charge is -2.27. The summed E-state index contributed by atoms with van der Waals surface area (Å²) < 4.78 is 0. The van der Waals surface area contributed by atoms with Gasteiger partial charge in [0.2, 0.25) is 0 Å². The highest BCUT2D eigenvalue weighted by Crippen LogP contribution is 2.28. The van der Waals surface area contributed by atoms with Crippen LogP contribution in [-0.2, 0) is 6.42 Å². The molecule has 1 aromatic rings. The van der Waals surface area contributed by atoms with E-state index in [1.807, 2.05) is 12.2 Å². The molecule has 1 aliphatic heterocycles. The maximum atomic E-state index is 12.0. The number of urea groups is 1. The summed E-state index contributed by atoms with van der Waals surface area (Å²) in [6.45, 7) is 3.90. The van der Waals surface area contributed by atoms with Crippen molar-refractivity contribution in [3.8, 4) is 0 Å². The van der Waals surface area contributed by atoms with Crippen molar-refractivity contribution in [3.05, 3.63) is 42.0 Å². The molecule has 0 saturated carbocycles. The van der Waals surface area contributed by atoms with Crippen molar-refractivity contribution in [1.29, 1.82) is 0 Å². The summed E-state index contributed by atoms with van der Waals surface area (Å²) in [5.41, 5.74) is 2.67. The first-order valence-electron chi connectivity index (χ1n) is 8.35. The summed E-state index contributed by atoms with van der Waals surface area (Å²) in [7, 11) is 0. The maximum Gasteiger partial charge on any atom is 0.315 e. The SMILES string of the molecule is CC(CNC(=O)N[C@@H]1C=C[C@H](CO)C1)N1CCc2ccccc21. The molecule has 3 rings (SSSR count). The predicted molar refractivity (Wildman–Crippen MR) is 91.6 cm³/mol. The first kappa shape index (κ1) is 15.9. The van der Waals surface area contributed by atoms with Crippen LogP contribution in [0.2, 0.25) is 0 Å². The van der Waals surface area contributed by atoms with Crippen LogP contribution in [0.15, 0.2) is 36.4 Å². The van der Waals surface area contributed by atoms with E-state index in [0.717, 1.165) is 19.4 Å². The van der Waals surface area contributed by atoms with Gasteiger partial charge in [-0.15, -0.1) is 0 Å². The van der Waals surface area contributed by atoms with E-state index in [1.165, 1.54) is 11.3 Å². The average molecular weight is 315 g/mol. The van der Waals surface area contributed by atoms with Crippen LogP contribution in [0.25, 0.3) is 0 Å². The zero-order valence-electron chi connectivity index (χ0n) is 13.5. The largest absolute Gasteiger partial charge is 0.396 e. The molecule has 0 radical (unpaired) electrons. The van der Waals surface area contributed by atoms with Crippen LogP contribution in [0.5, 0.6) is 0 Å². The summed E-state index contributed by atoms with van der Waals surface area (Å²) in [4.78, 5) is 14.4. The van der Waals surface area contributed by atoms with E-state index in [0.29, 0.717) is 6.54 Å². The van der Waals surface area contributed by atoms with E-state index in [2.05, 4.69) is 46.7 Å². The second kappa shape index (κ2) is 7.04. The molecule has 2 aliphatic rings. The van der Waals surface area contributed by atoms with Crippen molar-refractivity contribution < 1.29 is 9.90 Å². The Kier molecular flexibility index (Phi) is 4.86. The maximum absolute atomic E-state index is 12.0. The van der Waals surface area contributed by atoms with Gasteiger partial charge >= 0.3 is 6.03 Å². The molecule has 2 amide bonds. The minimum atomic E-state index is -0.141. The van der Waals surface area contributed by atoms with E-state index in [4.69, 9.17) is 5.11 Å². The van der Waals surface area contributed by atoms with Gasteiger partial charge < -0.3 is 20.6 Å². The lowest BCUT2D eigenvalue weighted by atomic mass is 10.1. The first-order chi connectivity index (χ1) is 11.2. The summed E-state index contributed by atoms with van der Waals surface area (Å²) >= 11 is 0. The Bertz CT molecular complexity index is 587. The molecule has 1 heterocycles. The number of hydrogen-bond acceptors (Lipinski definition) is 3. The molecule has 0 bridgehead atoms. The molecule has 5 heteroatoms. The van der Waals surface area contributed by atoms with Gasteiger partial charge in [0.15, 0.2) is 0 Å². The van der Waals surface area contributed by atoms with Crippen molar-refractivity contribution in [3.63, 3.8) is 0 Å². The molecular weight excluding hydrogens is 290 g/mol. The molecule has 1 unspecified atom stereocenters. The molecule has 0 fully saturated rings. The van der Waals surface area contributed by atoms with Crippen molar-refractivity contribution in [2.24, 2.45) is 5.92 Å². The van der Waals surface area contributed by atoms with E-state index in [1.54, 1.807) is 0 Å². The first-order valence-corrected chi connectivity index (χ1v) is 8.35. The number of hydrogen-bond donors (Lipinski definition) is 3. The van der Waals surface area contributed by atoms with Crippen LogP contribution in [0.4, 0.5) is 10.5 Å². The fraction of sp³-hybridized carbons (Fsp3) is 0.500. The lowest BCUT2D eigenvalue weighted by molar-refractivity contribution is 0.231. The third-order valence-corrected chi connectivity index (χ3v) is 4.74. The van der Waals surface area contributed by atoms with Crippen LogP contribution < -0.4 is 15.5 Å². The molecule has 1 aliphatic carbocycles. The second-order valence-corrected chi connectivity index (χ2v) is 6.45. The van der Waals surface area contributed by atoms with Crippen molar-refractivity contribution in [2.75, 3.05) is 24.6 Å². The molecular formula is C18H25N3O2. The normalized spacial score (nSPS) is 23.7. The highest BCUT2D eigenvalue weighted by molar-refractivity contribution is 5.74. The second-order valence-electron chi connectivity index (χ2n) is 6.45. The van der Waals surface area contributed by atoms with Crippen LogP contribution >= 0.6 is 0 Å². The number of aliphatic hydroxyl groups excluding tert-OH is 1. The molecule has 3 N–H and O–H groups in total. The molecule has 1 aromatic carbocycles. The van der Waals surface area contributed by atoms with Gasteiger partial charge in [0, 0.05) is 43.4 Å². The molecule has 0 saturated heterocycles. The van der Waals surface area contributed by atoms with Crippen LogP contribution in [0.1, 0.15) is 18.9 Å². The molecule has 3 atom stereocenters. The van der Waals surface area contributed by atoms with Gasteiger partial charge in [-0.2, -0.15) is 0 Å². The topological polar surface area (TPSA) is 64.6 Å². The van der Waals surface area contributed by atoms with E-state index in [9.17, 15) is 4.79 Å². The van der Waals surface area contributed by atoms with E-state index >= 15 is 0 Å². The number of anilines is 1. The predicted octanol–water partition coefficient (Wildman–Crippen LogP) is 1.67. The minimum absolute atomic E-state index is 0.0231. The number of carbonyl (C=O) groups is 1. The monoisotopic (exact) mass is 315 g/mol. The highest BCUT2D eigenvalue weighted by Gasteiger charge is 2.24. The van der Waals surface area contributed by atoms with Crippen LogP contribution in [0.3, 0.4) is 0 Å². The Morgan fingerprint density at radius 1 is 1.39 bits per heavy atom. The smallest absolute Gasteiger partial charge is 0.315 e. The number of nitrogens with zero attached hydrogens (tertiary/aromatic N) is 1. The lowest BCUT2D eigenvalue weighted by Crippen LogP contribution is -2.47. The summed E-state index contributed by atoms with van der Waals surface area (Å²) in [6, 6.07) is 8.60. The number of fused-ring (bicyclic) bond motifs is 1. The van der Waals surface area contributed by atoms with E-state index in [-0.39, 0.29) is 30.6 Å². The van der Waals surface area contributed by atoms with Gasteiger partial charge in [0.05, 0.1) is 0 Å². The van der Waals surface area contributed by atoms with Gasteiger partial charge in [0.25, 0.3) is 0 Å². The highest BCUT2D eigenvalue weighted by atomic mass is 16.3. The zero-order chi connectivity index (χ0) is 16.2. The summed E-state index contributed by atoms with van der Waals surface area (Å²) in [5.74, 6) is 0.167. The van der Waals surface area contributed by atoms with Crippen LogP contribution in [0, 0.1) is 5.92 Å². The molecule has 0 aromatic heterocycles. The van der Waals surface area contributed by atoms with Crippen LogP contribution in [-0.4, -0.2) is 42.9 Å². The minimum Gasteiger partial charge on any atom is -0.396 e. The average Bonchev–Trinajstić information content (AvgIpc) is 3.19. The van der Waals surface area contributed by atoms with Gasteiger partial charge in [-0.25, -0.2) is 4.79 Å².